The Morgan fingerprint density at radius 3 is 2.50 bits per heavy atom. The molecular formula is C18H14BrNO2. The van der Waals surface area contributed by atoms with Gasteiger partial charge >= 0.3 is 5.97 Å². The van der Waals surface area contributed by atoms with Crippen LogP contribution < -0.4 is 0 Å². The number of carbonyl (C=O) groups is 1. The number of halogens is 1. The van der Waals surface area contributed by atoms with E-state index in [2.05, 4.69) is 15.9 Å². The SMILES string of the molecule is CCc1c(-c2ccccc2)nc2cccc(Br)c2c1C(=O)O. The second-order valence-corrected chi connectivity index (χ2v) is 5.83. The van der Waals surface area contributed by atoms with Crippen molar-refractivity contribution in [3.63, 3.8) is 0 Å². The highest BCUT2D eigenvalue weighted by molar-refractivity contribution is 9.10. The molecule has 0 saturated carbocycles. The van der Waals surface area contributed by atoms with Crippen LogP contribution >= 0.6 is 15.9 Å². The Kier molecular flexibility index (Phi) is 3.94. The zero-order valence-electron chi connectivity index (χ0n) is 12.0. The van der Waals surface area contributed by atoms with E-state index < -0.39 is 5.97 Å². The van der Waals surface area contributed by atoms with Crippen molar-refractivity contribution >= 4 is 32.8 Å². The first kappa shape index (κ1) is 14.7. The minimum absolute atomic E-state index is 0.332. The number of pyridine rings is 1. The van der Waals surface area contributed by atoms with Crippen LogP contribution in [-0.2, 0) is 6.42 Å². The Balaban J connectivity index is 2.47. The maximum absolute atomic E-state index is 11.9. The number of nitrogens with zero attached hydrogens (tertiary/aromatic N) is 1. The Hall–Kier alpha value is -2.20. The molecule has 110 valence electrons. The molecule has 2 aromatic carbocycles. The van der Waals surface area contributed by atoms with Crippen molar-refractivity contribution in [3.8, 4) is 11.3 Å². The number of carboxylic acid groups (broad SMARTS) is 1. The summed E-state index contributed by atoms with van der Waals surface area (Å²) in [4.78, 5) is 16.6. The largest absolute Gasteiger partial charge is 0.478 e. The molecule has 4 heteroatoms. The van der Waals surface area contributed by atoms with Crippen LogP contribution in [0.1, 0.15) is 22.8 Å². The zero-order valence-corrected chi connectivity index (χ0v) is 13.6. The number of aromatic nitrogens is 1. The summed E-state index contributed by atoms with van der Waals surface area (Å²) in [5.41, 5.74) is 3.45. The molecule has 3 aromatic rings. The third-order valence-corrected chi connectivity index (χ3v) is 4.34. The van der Waals surface area contributed by atoms with Crippen molar-refractivity contribution in [1.29, 1.82) is 0 Å². The first-order valence-electron chi connectivity index (χ1n) is 7.03. The average Bonchev–Trinajstić information content (AvgIpc) is 2.54. The summed E-state index contributed by atoms with van der Waals surface area (Å²) in [5.74, 6) is -0.923. The van der Waals surface area contributed by atoms with E-state index in [1.807, 2.05) is 55.5 Å². The van der Waals surface area contributed by atoms with Gasteiger partial charge in [-0.3, -0.25) is 0 Å². The topological polar surface area (TPSA) is 50.2 Å². The number of hydrogen-bond donors (Lipinski definition) is 1. The number of aromatic carboxylic acids is 1. The molecule has 0 aliphatic rings. The van der Waals surface area contributed by atoms with E-state index in [0.29, 0.717) is 22.9 Å². The summed E-state index contributed by atoms with van der Waals surface area (Å²) in [7, 11) is 0. The molecule has 0 spiro atoms. The van der Waals surface area contributed by atoms with Crippen molar-refractivity contribution in [2.24, 2.45) is 0 Å². The van der Waals surface area contributed by atoms with Gasteiger partial charge in [0.2, 0.25) is 0 Å². The van der Waals surface area contributed by atoms with Gasteiger partial charge in [-0.15, -0.1) is 0 Å². The second kappa shape index (κ2) is 5.89. The number of hydrogen-bond acceptors (Lipinski definition) is 2. The Morgan fingerprint density at radius 2 is 1.86 bits per heavy atom. The molecule has 0 atom stereocenters. The van der Waals surface area contributed by atoms with Crippen LogP contribution in [0.4, 0.5) is 0 Å². The predicted molar refractivity (Wildman–Crippen MR) is 91.2 cm³/mol. The van der Waals surface area contributed by atoms with Crippen molar-refractivity contribution < 1.29 is 9.90 Å². The summed E-state index contributed by atoms with van der Waals surface area (Å²) in [6.45, 7) is 1.96. The maximum atomic E-state index is 11.9. The lowest BCUT2D eigenvalue weighted by atomic mass is 9.95. The first-order valence-corrected chi connectivity index (χ1v) is 7.82. The van der Waals surface area contributed by atoms with Crippen molar-refractivity contribution in [3.05, 3.63) is 64.1 Å². The normalized spacial score (nSPS) is 10.8. The number of benzene rings is 2. The quantitative estimate of drug-likeness (QED) is 0.724. The van der Waals surface area contributed by atoms with Crippen LogP contribution in [0.15, 0.2) is 53.0 Å². The van der Waals surface area contributed by atoms with Gasteiger partial charge in [-0.1, -0.05) is 59.3 Å². The fourth-order valence-corrected chi connectivity index (χ4v) is 3.28. The molecule has 0 saturated heterocycles. The molecule has 0 aliphatic carbocycles. The summed E-state index contributed by atoms with van der Waals surface area (Å²) in [6, 6.07) is 15.3. The van der Waals surface area contributed by atoms with Gasteiger partial charge in [-0.25, -0.2) is 9.78 Å². The van der Waals surface area contributed by atoms with Gasteiger partial charge in [0.1, 0.15) is 0 Å². The van der Waals surface area contributed by atoms with Crippen LogP contribution in [0.5, 0.6) is 0 Å². The van der Waals surface area contributed by atoms with Crippen molar-refractivity contribution in [1.82, 2.24) is 4.98 Å². The zero-order chi connectivity index (χ0) is 15.7. The highest BCUT2D eigenvalue weighted by atomic mass is 79.9. The summed E-state index contributed by atoms with van der Waals surface area (Å²) >= 11 is 3.46. The molecule has 3 nitrogen and oxygen atoms in total. The summed E-state index contributed by atoms with van der Waals surface area (Å²) < 4.78 is 0.754. The standard InChI is InChI=1S/C18H14BrNO2/c1-2-12-15(18(21)22)16-13(19)9-6-10-14(16)20-17(12)11-7-4-3-5-8-11/h3-10H,2H2,1H3,(H,21,22). The third-order valence-electron chi connectivity index (χ3n) is 3.68. The average molecular weight is 356 g/mol. The predicted octanol–water partition coefficient (Wildman–Crippen LogP) is 4.92. The van der Waals surface area contributed by atoms with Gasteiger partial charge < -0.3 is 5.11 Å². The lowest BCUT2D eigenvalue weighted by Gasteiger charge is -2.14. The molecule has 0 amide bonds. The molecule has 1 aromatic heterocycles. The molecule has 22 heavy (non-hydrogen) atoms. The minimum Gasteiger partial charge on any atom is -0.478 e. The van der Waals surface area contributed by atoms with Gasteiger partial charge in [-0.05, 0) is 24.1 Å². The van der Waals surface area contributed by atoms with E-state index in [4.69, 9.17) is 4.98 Å². The smallest absolute Gasteiger partial charge is 0.336 e. The van der Waals surface area contributed by atoms with Gasteiger partial charge in [0.05, 0.1) is 16.8 Å². The second-order valence-electron chi connectivity index (χ2n) is 4.97. The van der Waals surface area contributed by atoms with E-state index in [-0.39, 0.29) is 0 Å². The molecule has 0 fully saturated rings. The minimum atomic E-state index is -0.923. The summed E-state index contributed by atoms with van der Waals surface area (Å²) in [5, 5.41) is 10.4. The first-order chi connectivity index (χ1) is 10.6. The van der Waals surface area contributed by atoms with E-state index in [1.54, 1.807) is 0 Å². The lowest BCUT2D eigenvalue weighted by Crippen LogP contribution is -2.07. The molecule has 0 radical (unpaired) electrons. The van der Waals surface area contributed by atoms with Crippen molar-refractivity contribution in [2.75, 3.05) is 0 Å². The monoisotopic (exact) mass is 355 g/mol. The summed E-state index contributed by atoms with van der Waals surface area (Å²) in [6.07, 6.45) is 0.607. The van der Waals surface area contributed by atoms with E-state index >= 15 is 0 Å². The molecule has 3 rings (SSSR count). The number of rotatable bonds is 3. The Labute approximate surface area is 136 Å². The molecular weight excluding hydrogens is 342 g/mol. The third kappa shape index (κ3) is 2.40. The number of carboxylic acids is 1. The van der Waals surface area contributed by atoms with E-state index in [0.717, 1.165) is 21.3 Å². The highest BCUT2D eigenvalue weighted by Crippen LogP contribution is 2.34. The fraction of sp³-hybridized carbons (Fsp3) is 0.111. The lowest BCUT2D eigenvalue weighted by molar-refractivity contribution is 0.0698. The van der Waals surface area contributed by atoms with Crippen LogP contribution in [0.2, 0.25) is 0 Å². The molecule has 0 unspecified atom stereocenters. The van der Waals surface area contributed by atoms with E-state index in [9.17, 15) is 9.90 Å². The molecule has 1 N–H and O–H groups in total. The number of fused-ring (bicyclic) bond motifs is 1. The van der Waals surface area contributed by atoms with Crippen LogP contribution in [0.3, 0.4) is 0 Å². The Morgan fingerprint density at radius 1 is 1.14 bits per heavy atom. The molecule has 1 heterocycles. The fourth-order valence-electron chi connectivity index (χ4n) is 2.73. The van der Waals surface area contributed by atoms with Gasteiger partial charge in [-0.2, -0.15) is 0 Å². The highest BCUT2D eigenvalue weighted by Gasteiger charge is 2.21. The van der Waals surface area contributed by atoms with Crippen LogP contribution in [0.25, 0.3) is 22.2 Å². The maximum Gasteiger partial charge on any atom is 0.336 e. The van der Waals surface area contributed by atoms with Crippen molar-refractivity contribution in [2.45, 2.75) is 13.3 Å². The van der Waals surface area contributed by atoms with Crippen LogP contribution in [-0.4, -0.2) is 16.1 Å². The molecule has 0 bridgehead atoms. The Bertz CT molecular complexity index is 860. The van der Waals surface area contributed by atoms with Gasteiger partial charge in [0, 0.05) is 15.4 Å². The van der Waals surface area contributed by atoms with Gasteiger partial charge in [0.15, 0.2) is 0 Å². The van der Waals surface area contributed by atoms with E-state index in [1.165, 1.54) is 0 Å². The molecule has 0 aliphatic heterocycles. The van der Waals surface area contributed by atoms with Crippen LogP contribution in [0, 0.1) is 0 Å². The van der Waals surface area contributed by atoms with Gasteiger partial charge in [0.25, 0.3) is 0 Å².